The second-order valence-electron chi connectivity index (χ2n) is 22.2. The number of aliphatic hydroxyl groups is 7. The van der Waals surface area contributed by atoms with Crippen LogP contribution >= 0.6 is 0 Å². The van der Waals surface area contributed by atoms with Crippen LogP contribution in [0.5, 0.6) is 0 Å². The Morgan fingerprint density at radius 1 is 0.773 bits per heavy atom. The van der Waals surface area contributed by atoms with Crippen LogP contribution in [-0.4, -0.2) is 178 Å². The molecule has 6 rings (SSSR count). The van der Waals surface area contributed by atoms with E-state index in [4.69, 9.17) is 33.2 Å². The third kappa shape index (κ3) is 10.6. The van der Waals surface area contributed by atoms with Crippen molar-refractivity contribution in [1.29, 1.82) is 0 Å². The topological polar surface area (TPSA) is 264 Å². The molecule has 66 heavy (non-hydrogen) atoms. The Hall–Kier alpha value is -1.88. The summed E-state index contributed by atoms with van der Waals surface area (Å²) in [6.07, 6.45) is -6.55. The van der Waals surface area contributed by atoms with Crippen molar-refractivity contribution in [2.24, 2.45) is 22.2 Å². The molecule has 18 heteroatoms. The summed E-state index contributed by atoms with van der Waals surface area (Å²) in [5, 5.41) is 84.1. The quantitative estimate of drug-likeness (QED) is 0.105. The highest BCUT2D eigenvalue weighted by atomic mass is 16.7. The summed E-state index contributed by atoms with van der Waals surface area (Å²) in [4.78, 5) is 24.2. The highest BCUT2D eigenvalue weighted by Gasteiger charge is 2.64. The molecule has 19 atom stereocenters. The first-order valence-electron chi connectivity index (χ1n) is 24.0. The zero-order valence-electron chi connectivity index (χ0n) is 41.0. The van der Waals surface area contributed by atoms with E-state index < -0.39 is 120 Å². The predicted molar refractivity (Wildman–Crippen MR) is 238 cm³/mol. The molecular weight excluding hydrogens is 861 g/mol. The maximum absolute atomic E-state index is 12.2. The lowest BCUT2D eigenvalue weighted by Crippen LogP contribution is -2.67. The van der Waals surface area contributed by atoms with Crippen molar-refractivity contribution in [3.8, 4) is 0 Å². The van der Waals surface area contributed by atoms with E-state index in [1.165, 1.54) is 39.2 Å². The summed E-state index contributed by atoms with van der Waals surface area (Å²) in [7, 11) is 2.90. The molecule has 2 amide bonds. The Bertz CT molecular complexity index is 1730. The predicted octanol–water partition coefficient (Wildman–Crippen LogP) is 1.50. The molecule has 3 saturated carbocycles. The van der Waals surface area contributed by atoms with Crippen molar-refractivity contribution in [3.63, 3.8) is 0 Å². The van der Waals surface area contributed by atoms with Gasteiger partial charge in [0.25, 0.3) is 0 Å². The van der Waals surface area contributed by atoms with Crippen LogP contribution in [-0.2, 0) is 42.7 Å². The fourth-order valence-corrected chi connectivity index (χ4v) is 12.8. The zero-order valence-corrected chi connectivity index (χ0v) is 41.0. The molecule has 0 aromatic heterocycles. The SMILES string of the molecule is COCC1OC(OC(C)(C)C(O)CCC2(C)C/C(=C3/CCC4C3(C)CC(O)C3OC(C(C)(C)OC5OC(COC)C(O)C(O)C5NC(C)=O)CCC34C)CCC2O)C(NC(C)=O)C(O)C1O. The average Bonchev–Trinajstić information content (AvgIpc) is 3.58. The Morgan fingerprint density at radius 2 is 1.32 bits per heavy atom. The van der Waals surface area contributed by atoms with Gasteiger partial charge in [-0.05, 0) is 109 Å². The number of amides is 2. The lowest BCUT2D eigenvalue weighted by atomic mass is 9.51. The van der Waals surface area contributed by atoms with Crippen molar-refractivity contribution in [3.05, 3.63) is 11.1 Å². The maximum Gasteiger partial charge on any atom is 0.217 e. The monoisotopic (exact) mass is 943 g/mol. The Morgan fingerprint density at radius 3 is 1.85 bits per heavy atom. The molecule has 380 valence electrons. The summed E-state index contributed by atoms with van der Waals surface area (Å²) in [6, 6.07) is -2.15. The van der Waals surface area contributed by atoms with E-state index in [0.29, 0.717) is 32.1 Å². The molecule has 0 bridgehead atoms. The molecule has 0 spiro atoms. The summed E-state index contributed by atoms with van der Waals surface area (Å²) in [6.45, 7) is 16.3. The van der Waals surface area contributed by atoms with Crippen molar-refractivity contribution in [1.82, 2.24) is 10.6 Å². The van der Waals surface area contributed by atoms with E-state index in [1.54, 1.807) is 13.8 Å². The number of allylic oxidation sites excluding steroid dienone is 2. The molecule has 3 heterocycles. The van der Waals surface area contributed by atoms with Crippen LogP contribution < -0.4 is 10.6 Å². The largest absolute Gasteiger partial charge is 0.393 e. The van der Waals surface area contributed by atoms with Gasteiger partial charge in [-0.1, -0.05) is 31.9 Å². The highest BCUT2D eigenvalue weighted by Crippen LogP contribution is 2.66. The van der Waals surface area contributed by atoms with Crippen LogP contribution in [0.4, 0.5) is 0 Å². The fourth-order valence-electron chi connectivity index (χ4n) is 12.8. The molecule has 6 fully saturated rings. The molecule has 9 N–H and O–H groups in total. The van der Waals surface area contributed by atoms with E-state index in [2.05, 4.69) is 31.4 Å². The molecule has 0 aromatic carbocycles. The lowest BCUT2D eigenvalue weighted by molar-refractivity contribution is -0.324. The number of ether oxygens (including phenoxy) is 7. The number of methoxy groups -OCH3 is 2. The van der Waals surface area contributed by atoms with Crippen LogP contribution in [0.3, 0.4) is 0 Å². The van der Waals surface area contributed by atoms with Crippen LogP contribution in [0.1, 0.15) is 127 Å². The van der Waals surface area contributed by atoms with E-state index in [1.807, 2.05) is 13.8 Å². The third-order valence-corrected chi connectivity index (χ3v) is 16.6. The van der Waals surface area contributed by atoms with Crippen molar-refractivity contribution < 1.29 is 78.5 Å². The second kappa shape index (κ2) is 20.5. The van der Waals surface area contributed by atoms with Gasteiger partial charge in [0.05, 0.1) is 54.9 Å². The zero-order chi connectivity index (χ0) is 48.9. The first-order valence-corrected chi connectivity index (χ1v) is 24.0. The van der Waals surface area contributed by atoms with Gasteiger partial charge in [0.1, 0.15) is 48.7 Å². The number of rotatable bonds is 15. The lowest BCUT2D eigenvalue weighted by Gasteiger charge is -2.60. The molecule has 3 aliphatic carbocycles. The van der Waals surface area contributed by atoms with E-state index in [-0.39, 0.29) is 36.4 Å². The molecule has 18 nitrogen and oxygen atoms in total. The van der Waals surface area contributed by atoms with Gasteiger partial charge in [0, 0.05) is 33.5 Å². The van der Waals surface area contributed by atoms with Crippen molar-refractivity contribution in [2.45, 2.75) is 230 Å². The maximum atomic E-state index is 12.2. The van der Waals surface area contributed by atoms with Crippen molar-refractivity contribution >= 4 is 11.8 Å². The summed E-state index contributed by atoms with van der Waals surface area (Å²) in [5.74, 6) is -0.650. The van der Waals surface area contributed by atoms with E-state index >= 15 is 0 Å². The van der Waals surface area contributed by atoms with Crippen LogP contribution in [0.2, 0.25) is 0 Å². The Balaban J connectivity index is 1.14. The minimum Gasteiger partial charge on any atom is -0.393 e. The average molecular weight is 943 g/mol. The van der Waals surface area contributed by atoms with Crippen LogP contribution in [0, 0.1) is 22.2 Å². The van der Waals surface area contributed by atoms with Gasteiger partial charge in [-0.15, -0.1) is 0 Å². The van der Waals surface area contributed by atoms with E-state index in [0.717, 1.165) is 25.7 Å². The standard InChI is InChI=1S/C48H82N2O16/c1-24(51)49-35-39(58)37(56)29(22-60-10)62-42(35)65-44(3,4)32(54)16-18-46(7)20-26(12-15-33(46)55)27-13-14-31-47(8)19-17-34(64-41(47)28(53)21-48(27,31)9)45(5,6)66-43-36(50-25(2)52)40(59)38(57)30(63-43)23-61-11/h28-43,53-59H,12-23H2,1-11H3,(H,49,51)(H,50,52)/b27-26-. The van der Waals surface area contributed by atoms with Gasteiger partial charge in [0.15, 0.2) is 12.6 Å². The van der Waals surface area contributed by atoms with Gasteiger partial charge in [-0.25, -0.2) is 0 Å². The van der Waals surface area contributed by atoms with Crippen LogP contribution in [0.15, 0.2) is 11.1 Å². The van der Waals surface area contributed by atoms with Gasteiger partial charge in [0.2, 0.25) is 11.8 Å². The number of hydrogen-bond donors (Lipinski definition) is 9. The number of carbonyl (C=O) groups is 2. The second-order valence-corrected chi connectivity index (χ2v) is 22.2. The molecular formula is C48H82N2O16. The molecule has 3 aliphatic heterocycles. The minimum atomic E-state index is -1.41. The number of hydrogen-bond acceptors (Lipinski definition) is 16. The number of carbonyl (C=O) groups excluding carboxylic acids is 2. The first-order chi connectivity index (χ1) is 30.7. The summed E-state index contributed by atoms with van der Waals surface area (Å²) >= 11 is 0. The molecule has 0 radical (unpaired) electrons. The van der Waals surface area contributed by atoms with Gasteiger partial charge < -0.3 is 79.5 Å². The number of nitrogens with one attached hydrogen (secondary N) is 2. The number of aliphatic hydroxyl groups excluding tert-OH is 7. The molecule has 3 saturated heterocycles. The smallest absolute Gasteiger partial charge is 0.217 e. The molecule has 19 unspecified atom stereocenters. The van der Waals surface area contributed by atoms with Crippen LogP contribution in [0.25, 0.3) is 0 Å². The minimum absolute atomic E-state index is 0.00395. The van der Waals surface area contributed by atoms with Gasteiger partial charge >= 0.3 is 0 Å². The molecule has 6 aliphatic rings. The van der Waals surface area contributed by atoms with E-state index in [9.17, 15) is 45.3 Å². The van der Waals surface area contributed by atoms with Gasteiger partial charge in [-0.2, -0.15) is 0 Å². The third-order valence-electron chi connectivity index (χ3n) is 16.6. The normalized spacial score (nSPS) is 44.8. The summed E-state index contributed by atoms with van der Waals surface area (Å²) < 4.78 is 42.3. The highest BCUT2D eigenvalue weighted by molar-refractivity contribution is 5.73. The first kappa shape index (κ1) is 53.5. The number of fused-ring (bicyclic) bond motifs is 3. The molecule has 0 aromatic rings. The Kier molecular flexibility index (Phi) is 16.6. The van der Waals surface area contributed by atoms with Crippen molar-refractivity contribution in [2.75, 3.05) is 27.4 Å². The summed E-state index contributed by atoms with van der Waals surface area (Å²) in [5.41, 5.74) is -0.797. The fraction of sp³-hybridized carbons (Fsp3) is 0.917. The Labute approximate surface area is 390 Å². The van der Waals surface area contributed by atoms with Gasteiger partial charge in [-0.3, -0.25) is 9.59 Å².